The van der Waals surface area contributed by atoms with Gasteiger partial charge >= 0.3 is 0 Å². The summed E-state index contributed by atoms with van der Waals surface area (Å²) >= 11 is 0. The summed E-state index contributed by atoms with van der Waals surface area (Å²) in [5.74, 6) is 0.656. The second-order valence-electron chi connectivity index (χ2n) is 5.52. The predicted molar refractivity (Wildman–Crippen MR) is 99.1 cm³/mol. The molecule has 128 valence electrons. The van der Waals surface area contributed by atoms with Gasteiger partial charge in [-0.2, -0.15) is 0 Å². The third-order valence-corrected chi connectivity index (χ3v) is 4.00. The molecule has 0 radical (unpaired) electrons. The van der Waals surface area contributed by atoms with Crippen LogP contribution in [-0.2, 0) is 6.42 Å². The predicted octanol–water partition coefficient (Wildman–Crippen LogP) is 4.34. The number of aliphatic imine (C=N–C) groups is 1. The molecule has 0 fully saturated rings. The zero-order chi connectivity index (χ0) is 17.4. The summed E-state index contributed by atoms with van der Waals surface area (Å²) in [6.07, 6.45) is 2.58. The van der Waals surface area contributed by atoms with Crippen molar-refractivity contribution in [3.63, 3.8) is 0 Å². The van der Waals surface area contributed by atoms with Crippen molar-refractivity contribution in [2.75, 3.05) is 31.6 Å². The summed E-state index contributed by atoms with van der Waals surface area (Å²) in [6, 6.07) is 13.2. The van der Waals surface area contributed by atoms with E-state index in [-0.39, 0.29) is 5.82 Å². The molecular formula is C20H25FN2O. The summed E-state index contributed by atoms with van der Waals surface area (Å²) in [5.41, 5.74) is 2.64. The van der Waals surface area contributed by atoms with Gasteiger partial charge in [0.25, 0.3) is 0 Å². The monoisotopic (exact) mass is 328 g/mol. The van der Waals surface area contributed by atoms with E-state index in [1.165, 1.54) is 5.56 Å². The van der Waals surface area contributed by atoms with E-state index in [1.807, 2.05) is 55.1 Å². The molecule has 0 aliphatic carbocycles. The molecule has 0 atom stereocenters. The van der Waals surface area contributed by atoms with Crippen LogP contribution in [0.15, 0.2) is 47.5 Å². The van der Waals surface area contributed by atoms with Crippen molar-refractivity contribution in [2.24, 2.45) is 4.99 Å². The molecule has 0 N–H and O–H groups in total. The van der Waals surface area contributed by atoms with Gasteiger partial charge in [0, 0.05) is 25.8 Å². The van der Waals surface area contributed by atoms with Crippen LogP contribution in [0.2, 0.25) is 0 Å². The molecule has 24 heavy (non-hydrogen) atoms. The van der Waals surface area contributed by atoms with Gasteiger partial charge in [0.1, 0.15) is 11.6 Å². The Kier molecular flexibility index (Phi) is 6.79. The summed E-state index contributed by atoms with van der Waals surface area (Å²) in [5, 5.41) is 0. The van der Waals surface area contributed by atoms with Crippen LogP contribution in [0, 0.1) is 5.82 Å². The number of anilines is 1. The number of rotatable bonds is 8. The lowest BCUT2D eigenvalue weighted by molar-refractivity contribution is 0.414. The number of benzene rings is 2. The molecule has 4 heteroatoms. The van der Waals surface area contributed by atoms with Gasteiger partial charge in [-0.05, 0) is 55.7 Å². The first kappa shape index (κ1) is 18.0. The number of hydrogen-bond acceptors (Lipinski definition) is 3. The fraction of sp³-hybridized carbons (Fsp3) is 0.350. The van der Waals surface area contributed by atoms with Crippen molar-refractivity contribution in [2.45, 2.75) is 20.3 Å². The van der Waals surface area contributed by atoms with Crippen molar-refractivity contribution in [3.8, 4) is 5.75 Å². The van der Waals surface area contributed by atoms with E-state index in [9.17, 15) is 4.39 Å². The molecule has 0 amide bonds. The second kappa shape index (κ2) is 9.06. The molecule has 0 unspecified atom stereocenters. The van der Waals surface area contributed by atoms with Gasteiger partial charge in [0.05, 0.1) is 12.8 Å². The van der Waals surface area contributed by atoms with E-state index in [2.05, 4.69) is 4.99 Å². The molecular weight excluding hydrogens is 303 g/mol. The number of ether oxygens (including phenoxy) is 1. The van der Waals surface area contributed by atoms with Gasteiger partial charge in [0.15, 0.2) is 0 Å². The smallest absolute Gasteiger partial charge is 0.147 e. The Morgan fingerprint density at radius 3 is 2.38 bits per heavy atom. The highest BCUT2D eigenvalue weighted by atomic mass is 19.1. The average molecular weight is 328 g/mol. The molecule has 3 nitrogen and oxygen atoms in total. The van der Waals surface area contributed by atoms with Crippen LogP contribution in [0.1, 0.15) is 25.0 Å². The Balaban J connectivity index is 1.92. The quantitative estimate of drug-likeness (QED) is 0.673. The highest BCUT2D eigenvalue weighted by Crippen LogP contribution is 2.19. The SMILES string of the molecule is CCN(CC)c1ccc(C=NCCc2ccc(OC)cc2)cc1F. The largest absolute Gasteiger partial charge is 0.497 e. The Morgan fingerprint density at radius 1 is 1.08 bits per heavy atom. The van der Waals surface area contributed by atoms with E-state index in [0.717, 1.165) is 30.8 Å². The standard InChI is InChI=1S/C20H25FN2O/c1-4-23(5-2)20-11-8-17(14-19(20)21)15-22-13-12-16-6-9-18(24-3)10-7-16/h6-11,14-15H,4-5,12-13H2,1-3H3. The van der Waals surface area contributed by atoms with Crippen LogP contribution in [0.3, 0.4) is 0 Å². The van der Waals surface area contributed by atoms with Crippen molar-refractivity contribution in [1.82, 2.24) is 0 Å². The van der Waals surface area contributed by atoms with Crippen molar-refractivity contribution in [3.05, 3.63) is 59.4 Å². The summed E-state index contributed by atoms with van der Waals surface area (Å²) in [7, 11) is 1.66. The van der Waals surface area contributed by atoms with E-state index >= 15 is 0 Å². The fourth-order valence-corrected chi connectivity index (χ4v) is 2.58. The van der Waals surface area contributed by atoms with Crippen molar-refractivity contribution >= 4 is 11.9 Å². The maximum Gasteiger partial charge on any atom is 0.147 e. The summed E-state index contributed by atoms with van der Waals surface area (Å²) in [6.45, 7) is 6.31. The third-order valence-electron chi connectivity index (χ3n) is 4.00. The topological polar surface area (TPSA) is 24.8 Å². The highest BCUT2D eigenvalue weighted by Gasteiger charge is 2.08. The van der Waals surface area contributed by atoms with Gasteiger partial charge in [-0.15, -0.1) is 0 Å². The Bertz CT molecular complexity index is 664. The van der Waals surface area contributed by atoms with Crippen LogP contribution in [-0.4, -0.2) is 33.0 Å². The van der Waals surface area contributed by atoms with Gasteiger partial charge in [-0.25, -0.2) is 4.39 Å². The summed E-state index contributed by atoms with van der Waals surface area (Å²) < 4.78 is 19.3. The normalized spacial score (nSPS) is 11.0. The maximum absolute atomic E-state index is 14.2. The van der Waals surface area contributed by atoms with Gasteiger partial charge < -0.3 is 9.64 Å². The fourth-order valence-electron chi connectivity index (χ4n) is 2.58. The first-order chi connectivity index (χ1) is 11.7. The molecule has 0 aromatic heterocycles. The molecule has 0 aliphatic heterocycles. The van der Waals surface area contributed by atoms with E-state index in [4.69, 9.17) is 4.74 Å². The average Bonchev–Trinajstić information content (AvgIpc) is 2.62. The number of nitrogens with zero attached hydrogens (tertiary/aromatic N) is 2. The zero-order valence-corrected chi connectivity index (χ0v) is 14.6. The van der Waals surface area contributed by atoms with Crippen LogP contribution < -0.4 is 9.64 Å². The zero-order valence-electron chi connectivity index (χ0n) is 14.6. The number of hydrogen-bond donors (Lipinski definition) is 0. The number of methoxy groups -OCH3 is 1. The van der Waals surface area contributed by atoms with Crippen LogP contribution in [0.5, 0.6) is 5.75 Å². The van der Waals surface area contributed by atoms with Crippen LogP contribution in [0.25, 0.3) is 0 Å². The maximum atomic E-state index is 14.2. The molecule has 2 aromatic carbocycles. The highest BCUT2D eigenvalue weighted by molar-refractivity contribution is 5.80. The van der Waals surface area contributed by atoms with Gasteiger partial charge in [-0.1, -0.05) is 18.2 Å². The lowest BCUT2D eigenvalue weighted by Gasteiger charge is -2.21. The second-order valence-corrected chi connectivity index (χ2v) is 5.52. The molecule has 0 heterocycles. The summed E-state index contributed by atoms with van der Waals surface area (Å²) in [4.78, 5) is 6.40. The molecule has 0 spiro atoms. The Hall–Kier alpha value is -2.36. The molecule has 2 aromatic rings. The first-order valence-corrected chi connectivity index (χ1v) is 8.35. The minimum atomic E-state index is -0.196. The minimum absolute atomic E-state index is 0.196. The number of halogens is 1. The van der Waals surface area contributed by atoms with Crippen LogP contribution in [0.4, 0.5) is 10.1 Å². The Morgan fingerprint density at radius 2 is 1.79 bits per heavy atom. The lowest BCUT2D eigenvalue weighted by Crippen LogP contribution is -2.22. The first-order valence-electron chi connectivity index (χ1n) is 8.35. The van der Waals surface area contributed by atoms with Gasteiger partial charge in [0.2, 0.25) is 0 Å². The molecule has 0 bridgehead atoms. The van der Waals surface area contributed by atoms with E-state index < -0.39 is 0 Å². The third kappa shape index (κ3) is 4.82. The van der Waals surface area contributed by atoms with Crippen LogP contribution >= 0.6 is 0 Å². The molecule has 0 saturated heterocycles. The van der Waals surface area contributed by atoms with E-state index in [0.29, 0.717) is 12.2 Å². The minimum Gasteiger partial charge on any atom is -0.497 e. The van der Waals surface area contributed by atoms with E-state index in [1.54, 1.807) is 19.4 Å². The Labute approximate surface area is 143 Å². The molecule has 0 saturated carbocycles. The lowest BCUT2D eigenvalue weighted by atomic mass is 10.1. The molecule has 0 aliphatic rings. The molecule has 2 rings (SSSR count). The van der Waals surface area contributed by atoms with Gasteiger partial charge in [-0.3, -0.25) is 4.99 Å². The van der Waals surface area contributed by atoms with Crippen molar-refractivity contribution in [1.29, 1.82) is 0 Å². The van der Waals surface area contributed by atoms with Crippen molar-refractivity contribution < 1.29 is 9.13 Å².